The molecule has 4 N–H and O–H groups in total. The van der Waals surface area contributed by atoms with Crippen LogP contribution in [0.2, 0.25) is 0 Å². The summed E-state index contributed by atoms with van der Waals surface area (Å²) >= 11 is 0. The molecule has 3 nitrogen and oxygen atoms in total. The Balaban J connectivity index is 0.000000292. The standard InChI is InChI=1S/C8H17N.C3H10N2/c1-9(2)8-6-4-3-5-7-8;1-2-3(4)5/h8H,3-7H2,1-2H3;3H,2,4-5H2,1H3. The van der Waals surface area contributed by atoms with Gasteiger partial charge in [-0.3, -0.25) is 0 Å². The minimum absolute atomic E-state index is 0.116. The van der Waals surface area contributed by atoms with Crippen molar-refractivity contribution in [2.24, 2.45) is 11.5 Å². The monoisotopic (exact) mass is 201 g/mol. The fraction of sp³-hybridized carbons (Fsp3) is 1.00. The molecule has 86 valence electrons. The van der Waals surface area contributed by atoms with E-state index in [0.29, 0.717) is 0 Å². The maximum Gasteiger partial charge on any atom is 0.0518 e. The molecule has 1 rings (SSSR count). The molecule has 0 radical (unpaired) electrons. The van der Waals surface area contributed by atoms with Crippen LogP contribution in [0, 0.1) is 0 Å². The van der Waals surface area contributed by atoms with Crippen LogP contribution in [-0.4, -0.2) is 31.2 Å². The highest BCUT2D eigenvalue weighted by Gasteiger charge is 2.13. The molecule has 0 unspecified atom stereocenters. The third-order valence-electron chi connectivity index (χ3n) is 2.78. The summed E-state index contributed by atoms with van der Waals surface area (Å²) in [4.78, 5) is 2.36. The molecule has 0 saturated heterocycles. The Hall–Kier alpha value is -0.120. The molecule has 1 aliphatic carbocycles. The Kier molecular flexibility index (Phi) is 8.14. The van der Waals surface area contributed by atoms with Gasteiger partial charge in [0.1, 0.15) is 0 Å². The van der Waals surface area contributed by atoms with Gasteiger partial charge >= 0.3 is 0 Å². The zero-order valence-electron chi connectivity index (χ0n) is 10.00. The van der Waals surface area contributed by atoms with E-state index in [-0.39, 0.29) is 6.17 Å². The Morgan fingerprint density at radius 2 is 1.57 bits per heavy atom. The van der Waals surface area contributed by atoms with Crippen molar-refractivity contribution in [2.75, 3.05) is 14.1 Å². The summed E-state index contributed by atoms with van der Waals surface area (Å²) in [5.74, 6) is 0. The van der Waals surface area contributed by atoms with Crippen molar-refractivity contribution >= 4 is 0 Å². The van der Waals surface area contributed by atoms with Gasteiger partial charge in [-0.25, -0.2) is 0 Å². The van der Waals surface area contributed by atoms with Crippen LogP contribution < -0.4 is 11.5 Å². The van der Waals surface area contributed by atoms with E-state index in [1.54, 1.807) is 0 Å². The Morgan fingerprint density at radius 1 is 1.14 bits per heavy atom. The number of rotatable bonds is 2. The molecule has 0 amide bonds. The lowest BCUT2D eigenvalue weighted by molar-refractivity contribution is 0.229. The van der Waals surface area contributed by atoms with Gasteiger partial charge in [-0.1, -0.05) is 26.2 Å². The number of nitrogens with zero attached hydrogens (tertiary/aromatic N) is 1. The first-order valence-corrected chi connectivity index (χ1v) is 5.75. The smallest absolute Gasteiger partial charge is 0.0518 e. The summed E-state index contributed by atoms with van der Waals surface area (Å²) in [5.41, 5.74) is 10.1. The summed E-state index contributed by atoms with van der Waals surface area (Å²) < 4.78 is 0. The van der Waals surface area contributed by atoms with E-state index >= 15 is 0 Å². The molecule has 0 aromatic heterocycles. The van der Waals surface area contributed by atoms with Crippen LogP contribution in [0.15, 0.2) is 0 Å². The minimum Gasteiger partial charge on any atom is -0.316 e. The highest BCUT2D eigenvalue weighted by molar-refractivity contribution is 4.70. The molecule has 1 fully saturated rings. The molecule has 0 bridgehead atoms. The van der Waals surface area contributed by atoms with Gasteiger partial charge in [0, 0.05) is 6.04 Å². The normalized spacial score (nSPS) is 18.2. The Morgan fingerprint density at radius 3 is 1.79 bits per heavy atom. The van der Waals surface area contributed by atoms with Crippen LogP contribution >= 0.6 is 0 Å². The molecule has 0 aliphatic heterocycles. The van der Waals surface area contributed by atoms with Crippen molar-refractivity contribution in [3.63, 3.8) is 0 Å². The van der Waals surface area contributed by atoms with Crippen LogP contribution in [0.25, 0.3) is 0 Å². The van der Waals surface area contributed by atoms with E-state index in [2.05, 4.69) is 19.0 Å². The van der Waals surface area contributed by atoms with Gasteiger partial charge in [0.2, 0.25) is 0 Å². The highest BCUT2D eigenvalue weighted by Crippen LogP contribution is 2.20. The molecular weight excluding hydrogens is 174 g/mol. The second-order valence-electron chi connectivity index (χ2n) is 4.33. The van der Waals surface area contributed by atoms with Crippen molar-refractivity contribution in [1.29, 1.82) is 0 Å². The third kappa shape index (κ3) is 7.30. The first-order chi connectivity index (χ1) is 6.57. The molecule has 0 spiro atoms. The van der Waals surface area contributed by atoms with Gasteiger partial charge in [-0.15, -0.1) is 0 Å². The molecule has 1 saturated carbocycles. The third-order valence-corrected chi connectivity index (χ3v) is 2.78. The average molecular weight is 201 g/mol. The van der Waals surface area contributed by atoms with E-state index in [1.165, 1.54) is 32.1 Å². The Bertz CT molecular complexity index is 118. The van der Waals surface area contributed by atoms with Crippen LogP contribution in [-0.2, 0) is 0 Å². The summed E-state index contributed by atoms with van der Waals surface area (Å²) in [6, 6.07) is 0.888. The predicted octanol–water partition coefficient (Wildman–Crippen LogP) is 1.52. The zero-order valence-corrected chi connectivity index (χ0v) is 10.00. The molecule has 0 atom stereocenters. The highest BCUT2D eigenvalue weighted by atomic mass is 15.1. The largest absolute Gasteiger partial charge is 0.316 e. The summed E-state index contributed by atoms with van der Waals surface area (Å²) in [6.45, 7) is 1.95. The van der Waals surface area contributed by atoms with Gasteiger partial charge in [0.15, 0.2) is 0 Å². The first kappa shape index (κ1) is 13.9. The second kappa shape index (κ2) is 8.21. The van der Waals surface area contributed by atoms with Gasteiger partial charge < -0.3 is 16.4 Å². The molecule has 1 aliphatic rings. The van der Waals surface area contributed by atoms with Gasteiger partial charge in [0.25, 0.3) is 0 Å². The molecule has 0 aromatic carbocycles. The van der Waals surface area contributed by atoms with Crippen molar-refractivity contribution in [3.8, 4) is 0 Å². The van der Waals surface area contributed by atoms with Crippen molar-refractivity contribution in [1.82, 2.24) is 4.90 Å². The predicted molar refractivity (Wildman–Crippen MR) is 63.0 cm³/mol. The van der Waals surface area contributed by atoms with Crippen molar-refractivity contribution in [2.45, 2.75) is 57.7 Å². The first-order valence-electron chi connectivity index (χ1n) is 5.75. The second-order valence-corrected chi connectivity index (χ2v) is 4.33. The Labute approximate surface area is 88.8 Å². The van der Waals surface area contributed by atoms with Gasteiger partial charge in [-0.2, -0.15) is 0 Å². The molecule has 3 heteroatoms. The lowest BCUT2D eigenvalue weighted by Crippen LogP contribution is -2.29. The molecule has 14 heavy (non-hydrogen) atoms. The maximum absolute atomic E-state index is 5.07. The summed E-state index contributed by atoms with van der Waals surface area (Å²) in [5, 5.41) is 0. The molecule has 0 aromatic rings. The van der Waals surface area contributed by atoms with E-state index < -0.39 is 0 Å². The number of hydrogen-bond acceptors (Lipinski definition) is 3. The number of nitrogens with two attached hydrogens (primary N) is 2. The van der Waals surface area contributed by atoms with Crippen LogP contribution in [0.1, 0.15) is 45.4 Å². The summed E-state index contributed by atoms with van der Waals surface area (Å²) in [6.07, 6.45) is 7.95. The fourth-order valence-corrected chi connectivity index (χ4v) is 1.60. The van der Waals surface area contributed by atoms with Crippen molar-refractivity contribution in [3.05, 3.63) is 0 Å². The maximum atomic E-state index is 5.07. The number of hydrogen-bond donors (Lipinski definition) is 2. The SMILES string of the molecule is CCC(N)N.CN(C)C1CCCCC1. The van der Waals surface area contributed by atoms with Crippen LogP contribution in [0.3, 0.4) is 0 Å². The quantitative estimate of drug-likeness (QED) is 0.666. The van der Waals surface area contributed by atoms with E-state index in [0.717, 1.165) is 12.5 Å². The van der Waals surface area contributed by atoms with E-state index in [4.69, 9.17) is 11.5 Å². The van der Waals surface area contributed by atoms with Gasteiger partial charge in [-0.05, 0) is 33.4 Å². The minimum atomic E-state index is -0.116. The van der Waals surface area contributed by atoms with Gasteiger partial charge in [0.05, 0.1) is 6.17 Å². The molecule has 0 heterocycles. The molecular formula is C11H27N3. The van der Waals surface area contributed by atoms with Crippen LogP contribution in [0.5, 0.6) is 0 Å². The van der Waals surface area contributed by atoms with Crippen LogP contribution in [0.4, 0.5) is 0 Å². The fourth-order valence-electron chi connectivity index (χ4n) is 1.60. The zero-order chi connectivity index (χ0) is 11.0. The lowest BCUT2D eigenvalue weighted by Gasteiger charge is -2.27. The summed E-state index contributed by atoms with van der Waals surface area (Å²) in [7, 11) is 4.38. The topological polar surface area (TPSA) is 55.3 Å². The average Bonchev–Trinajstić information content (AvgIpc) is 2.20. The lowest BCUT2D eigenvalue weighted by atomic mass is 9.95. The van der Waals surface area contributed by atoms with Crippen molar-refractivity contribution < 1.29 is 0 Å². The van der Waals surface area contributed by atoms with E-state index in [1.807, 2.05) is 6.92 Å². The van der Waals surface area contributed by atoms with E-state index in [9.17, 15) is 0 Å².